The van der Waals surface area contributed by atoms with Crippen LogP contribution in [0.2, 0.25) is 0 Å². The number of ether oxygens (including phenoxy) is 1. The molecule has 2 heterocycles. The Labute approximate surface area is 132 Å². The van der Waals surface area contributed by atoms with Crippen molar-refractivity contribution in [2.75, 3.05) is 19.4 Å². The second kappa shape index (κ2) is 5.81. The highest BCUT2D eigenvalue weighted by atomic mass is 32.1. The molecular formula is C16H16N2O3S. The number of methoxy groups -OCH3 is 1. The van der Waals surface area contributed by atoms with Crippen LogP contribution in [0.4, 0.5) is 5.69 Å². The van der Waals surface area contributed by atoms with E-state index in [1.807, 2.05) is 18.2 Å². The van der Waals surface area contributed by atoms with Gasteiger partial charge in [-0.15, -0.1) is 11.3 Å². The van der Waals surface area contributed by atoms with Gasteiger partial charge in [0.05, 0.1) is 12.8 Å². The summed E-state index contributed by atoms with van der Waals surface area (Å²) in [4.78, 5) is 27.5. The van der Waals surface area contributed by atoms with Crippen LogP contribution in [0.15, 0.2) is 30.3 Å². The second-order valence-electron chi connectivity index (χ2n) is 5.08. The molecule has 0 fully saturated rings. The Hall–Kier alpha value is -2.34. The van der Waals surface area contributed by atoms with E-state index in [0.29, 0.717) is 35.6 Å². The molecular weight excluding hydrogens is 300 g/mol. The van der Waals surface area contributed by atoms with Crippen molar-refractivity contribution in [2.24, 2.45) is 0 Å². The number of amides is 1. The average molecular weight is 316 g/mol. The minimum atomic E-state index is -0.419. The van der Waals surface area contributed by atoms with Crippen molar-refractivity contribution in [1.29, 1.82) is 0 Å². The third-order valence-corrected chi connectivity index (χ3v) is 5.06. The Morgan fingerprint density at radius 2 is 2.00 bits per heavy atom. The zero-order chi connectivity index (χ0) is 15.7. The topological polar surface area (TPSA) is 72.6 Å². The number of nitrogen functional groups attached to an aromatic ring is 1. The largest absolute Gasteiger partial charge is 0.465 e. The fraction of sp³-hybridized carbons (Fsp3) is 0.250. The standard InChI is InChI=1S/C16H16N2O3S/c1-21-16(20)14-13(17)11-9-18(8-7-12(11)22-14)15(19)10-5-3-2-4-6-10/h2-6H,7-9,17H2,1H3. The molecule has 22 heavy (non-hydrogen) atoms. The van der Waals surface area contributed by atoms with Gasteiger partial charge in [0.2, 0.25) is 0 Å². The molecule has 1 aliphatic heterocycles. The molecule has 1 aromatic carbocycles. The van der Waals surface area contributed by atoms with Crippen LogP contribution in [0.1, 0.15) is 30.5 Å². The smallest absolute Gasteiger partial charge is 0.350 e. The molecule has 2 N–H and O–H groups in total. The maximum Gasteiger partial charge on any atom is 0.350 e. The van der Waals surface area contributed by atoms with E-state index in [1.54, 1.807) is 17.0 Å². The molecule has 6 heteroatoms. The lowest BCUT2D eigenvalue weighted by atomic mass is 10.1. The fourth-order valence-electron chi connectivity index (χ4n) is 2.59. The van der Waals surface area contributed by atoms with Crippen molar-refractivity contribution in [3.8, 4) is 0 Å². The third kappa shape index (κ3) is 2.46. The highest BCUT2D eigenvalue weighted by molar-refractivity contribution is 7.14. The number of nitrogens with zero attached hydrogens (tertiary/aromatic N) is 1. The van der Waals surface area contributed by atoms with Gasteiger partial charge in [-0.2, -0.15) is 0 Å². The molecule has 0 aliphatic carbocycles. The van der Waals surface area contributed by atoms with Gasteiger partial charge in [-0.3, -0.25) is 4.79 Å². The Balaban J connectivity index is 1.86. The summed E-state index contributed by atoms with van der Waals surface area (Å²) in [6.45, 7) is 1.06. The minimum Gasteiger partial charge on any atom is -0.465 e. The number of esters is 1. The van der Waals surface area contributed by atoms with Crippen LogP contribution in [0.5, 0.6) is 0 Å². The average Bonchev–Trinajstić information content (AvgIpc) is 2.90. The van der Waals surface area contributed by atoms with Gasteiger partial charge < -0.3 is 15.4 Å². The normalized spacial score (nSPS) is 13.6. The lowest BCUT2D eigenvalue weighted by molar-refractivity contribution is 0.0607. The van der Waals surface area contributed by atoms with Crippen molar-refractivity contribution in [3.05, 3.63) is 51.2 Å². The van der Waals surface area contributed by atoms with Gasteiger partial charge in [0, 0.05) is 29.1 Å². The van der Waals surface area contributed by atoms with Crippen molar-refractivity contribution in [2.45, 2.75) is 13.0 Å². The summed E-state index contributed by atoms with van der Waals surface area (Å²) < 4.78 is 4.75. The van der Waals surface area contributed by atoms with Crippen LogP contribution in [0, 0.1) is 0 Å². The number of thiophene rings is 1. The molecule has 1 aromatic heterocycles. The number of rotatable bonds is 2. The van der Waals surface area contributed by atoms with E-state index >= 15 is 0 Å². The summed E-state index contributed by atoms with van der Waals surface area (Å²) in [6.07, 6.45) is 0.708. The molecule has 5 nitrogen and oxygen atoms in total. The number of nitrogens with two attached hydrogens (primary N) is 1. The predicted molar refractivity (Wildman–Crippen MR) is 85.0 cm³/mol. The summed E-state index contributed by atoms with van der Waals surface area (Å²) in [6, 6.07) is 9.17. The first-order valence-corrected chi connectivity index (χ1v) is 7.76. The molecule has 0 spiro atoms. The van der Waals surface area contributed by atoms with E-state index in [-0.39, 0.29) is 5.91 Å². The van der Waals surface area contributed by atoms with E-state index in [4.69, 9.17) is 10.5 Å². The molecule has 0 saturated carbocycles. The van der Waals surface area contributed by atoms with E-state index in [2.05, 4.69) is 0 Å². The maximum absolute atomic E-state index is 12.5. The third-order valence-electron chi connectivity index (χ3n) is 3.77. The molecule has 114 valence electrons. The van der Waals surface area contributed by atoms with Crippen LogP contribution in [-0.4, -0.2) is 30.4 Å². The van der Waals surface area contributed by atoms with Crippen molar-refractivity contribution in [1.82, 2.24) is 4.90 Å². The van der Waals surface area contributed by atoms with Gasteiger partial charge in [0.1, 0.15) is 4.88 Å². The number of benzene rings is 1. The maximum atomic E-state index is 12.5. The Kier molecular flexibility index (Phi) is 3.85. The van der Waals surface area contributed by atoms with Crippen molar-refractivity contribution < 1.29 is 14.3 Å². The molecule has 0 radical (unpaired) electrons. The zero-order valence-corrected chi connectivity index (χ0v) is 13.0. The van der Waals surface area contributed by atoms with E-state index in [9.17, 15) is 9.59 Å². The van der Waals surface area contributed by atoms with Gasteiger partial charge in [0.15, 0.2) is 0 Å². The first-order chi connectivity index (χ1) is 10.6. The summed E-state index contributed by atoms with van der Waals surface area (Å²) in [5.41, 5.74) is 8.05. The summed E-state index contributed by atoms with van der Waals surface area (Å²) >= 11 is 1.37. The lowest BCUT2D eigenvalue weighted by Crippen LogP contribution is -2.35. The molecule has 3 rings (SSSR count). The summed E-state index contributed by atoms with van der Waals surface area (Å²) in [5.74, 6) is -0.436. The Morgan fingerprint density at radius 1 is 1.27 bits per heavy atom. The zero-order valence-electron chi connectivity index (χ0n) is 12.2. The SMILES string of the molecule is COC(=O)c1sc2c(c1N)CN(C(=O)c1ccccc1)CC2. The van der Waals surface area contributed by atoms with E-state index in [1.165, 1.54) is 18.4 Å². The van der Waals surface area contributed by atoms with E-state index in [0.717, 1.165) is 10.4 Å². The van der Waals surface area contributed by atoms with Crippen LogP contribution >= 0.6 is 11.3 Å². The van der Waals surface area contributed by atoms with Crippen LogP contribution in [0.3, 0.4) is 0 Å². The molecule has 0 unspecified atom stereocenters. The van der Waals surface area contributed by atoms with Gasteiger partial charge in [-0.1, -0.05) is 18.2 Å². The highest BCUT2D eigenvalue weighted by Crippen LogP contribution is 2.35. The molecule has 1 aliphatic rings. The quantitative estimate of drug-likeness (QED) is 0.863. The number of hydrogen-bond donors (Lipinski definition) is 1. The fourth-order valence-corrected chi connectivity index (χ4v) is 3.73. The summed E-state index contributed by atoms with van der Waals surface area (Å²) in [5, 5.41) is 0. The number of carbonyl (C=O) groups excluding carboxylic acids is 2. The first-order valence-electron chi connectivity index (χ1n) is 6.94. The molecule has 2 aromatic rings. The van der Waals surface area contributed by atoms with Gasteiger partial charge in [-0.05, 0) is 18.6 Å². The van der Waals surface area contributed by atoms with Crippen LogP contribution < -0.4 is 5.73 Å². The molecule has 0 saturated heterocycles. The number of carbonyl (C=O) groups is 2. The summed E-state index contributed by atoms with van der Waals surface area (Å²) in [7, 11) is 1.34. The molecule has 0 atom stereocenters. The van der Waals surface area contributed by atoms with Crippen LogP contribution in [-0.2, 0) is 17.7 Å². The van der Waals surface area contributed by atoms with Crippen molar-refractivity contribution in [3.63, 3.8) is 0 Å². The monoisotopic (exact) mass is 316 g/mol. The first kappa shape index (κ1) is 14.6. The van der Waals surface area contributed by atoms with Gasteiger partial charge in [0.25, 0.3) is 5.91 Å². The lowest BCUT2D eigenvalue weighted by Gasteiger charge is -2.27. The second-order valence-corrected chi connectivity index (χ2v) is 6.19. The number of hydrogen-bond acceptors (Lipinski definition) is 5. The molecule has 0 bridgehead atoms. The minimum absolute atomic E-state index is 0.0172. The molecule has 1 amide bonds. The number of fused-ring (bicyclic) bond motifs is 1. The predicted octanol–water partition coefficient (Wildman–Crippen LogP) is 2.32. The van der Waals surface area contributed by atoms with Crippen LogP contribution in [0.25, 0.3) is 0 Å². The van der Waals surface area contributed by atoms with Crippen molar-refractivity contribution >= 4 is 28.9 Å². The Morgan fingerprint density at radius 3 is 2.68 bits per heavy atom. The highest BCUT2D eigenvalue weighted by Gasteiger charge is 2.28. The Bertz CT molecular complexity index is 724. The van der Waals surface area contributed by atoms with Gasteiger partial charge in [-0.25, -0.2) is 4.79 Å². The van der Waals surface area contributed by atoms with E-state index < -0.39 is 5.97 Å². The number of anilines is 1. The van der Waals surface area contributed by atoms with Gasteiger partial charge >= 0.3 is 5.97 Å².